The fraction of sp³-hybridized carbons (Fsp3) is 0.296. The third kappa shape index (κ3) is 2.75. The summed E-state index contributed by atoms with van der Waals surface area (Å²) in [5, 5.41) is 5.22. The maximum atomic E-state index is 2.56. The molecule has 0 atom stereocenters. The van der Waals surface area contributed by atoms with Crippen molar-refractivity contribution in [3.05, 3.63) is 85.0 Å². The van der Waals surface area contributed by atoms with Gasteiger partial charge in [-0.3, -0.25) is 0 Å². The standard InChI is InChI=1S/C27H29Si.Zr/c1-26(2)19-27(3,4)28(26,22-15-9-10-16-22)24-18-21-14-8-11-17-23(21)25(24)20-12-6-5-7-13-20;/h5-18,22H,19H2,1-4H3;/q-1;. The summed E-state index contributed by atoms with van der Waals surface area (Å²) < 4.78 is 0. The molecule has 1 fully saturated rings. The van der Waals surface area contributed by atoms with Crippen LogP contribution in [0.1, 0.15) is 34.1 Å². The number of rotatable bonds is 3. The molecule has 0 nitrogen and oxygen atoms in total. The Bertz CT molecular complexity index is 1070. The zero-order valence-corrected chi connectivity index (χ0v) is 21.3. The topological polar surface area (TPSA) is 0 Å². The fourth-order valence-electron chi connectivity index (χ4n) is 7.17. The summed E-state index contributed by atoms with van der Waals surface area (Å²) in [6.07, 6.45) is 10.8. The van der Waals surface area contributed by atoms with E-state index in [2.05, 4.69) is 113 Å². The van der Waals surface area contributed by atoms with Crippen LogP contribution in [0.5, 0.6) is 0 Å². The van der Waals surface area contributed by atoms with Crippen LogP contribution >= 0.6 is 0 Å². The van der Waals surface area contributed by atoms with Crippen LogP contribution in [0.4, 0.5) is 0 Å². The Morgan fingerprint density at radius 2 is 1.41 bits per heavy atom. The van der Waals surface area contributed by atoms with Crippen LogP contribution in [-0.4, -0.2) is 8.07 Å². The Morgan fingerprint density at radius 1 is 0.828 bits per heavy atom. The SMILES string of the molecule is CC1(C)CC(C)(C)[Si]1(c1[cH-]c2ccccc2c1-c1ccccc1)C1C=CC=C1.[Zr]. The summed E-state index contributed by atoms with van der Waals surface area (Å²) in [7, 11) is -1.93. The fourth-order valence-corrected chi connectivity index (χ4v) is 15.6. The summed E-state index contributed by atoms with van der Waals surface area (Å²) in [4.78, 5) is 0. The third-order valence-corrected chi connectivity index (χ3v) is 14.8. The second kappa shape index (κ2) is 7.10. The second-order valence-electron chi connectivity index (χ2n) is 9.93. The van der Waals surface area contributed by atoms with E-state index in [1.54, 1.807) is 5.19 Å². The first-order valence-electron chi connectivity index (χ1n) is 10.5. The molecule has 0 amide bonds. The Morgan fingerprint density at radius 3 is 2.03 bits per heavy atom. The van der Waals surface area contributed by atoms with Crippen molar-refractivity contribution in [2.24, 2.45) is 0 Å². The van der Waals surface area contributed by atoms with E-state index in [0.717, 1.165) is 0 Å². The van der Waals surface area contributed by atoms with Crippen molar-refractivity contribution in [3.8, 4) is 11.1 Å². The van der Waals surface area contributed by atoms with Crippen LogP contribution in [0, 0.1) is 0 Å². The molecule has 0 unspecified atom stereocenters. The van der Waals surface area contributed by atoms with E-state index in [1.807, 2.05) is 0 Å². The van der Waals surface area contributed by atoms with E-state index < -0.39 is 8.07 Å². The van der Waals surface area contributed by atoms with E-state index in [-0.39, 0.29) is 26.2 Å². The quantitative estimate of drug-likeness (QED) is 0.276. The molecule has 1 aliphatic carbocycles. The van der Waals surface area contributed by atoms with Crippen LogP contribution in [-0.2, 0) is 26.2 Å². The first kappa shape index (κ1) is 20.9. The average Bonchev–Trinajstić information content (AvgIpc) is 3.29. The monoisotopic (exact) mass is 471 g/mol. The molecule has 0 radical (unpaired) electrons. The molecule has 2 heteroatoms. The smallest absolute Gasteiger partial charge is 0.0884 e. The molecule has 0 saturated carbocycles. The molecule has 0 N–H and O–H groups in total. The summed E-state index contributed by atoms with van der Waals surface area (Å²) in [5.41, 5.74) is 3.44. The van der Waals surface area contributed by atoms with Crippen molar-refractivity contribution in [1.29, 1.82) is 0 Å². The molecule has 146 valence electrons. The zero-order chi connectivity index (χ0) is 19.6. The van der Waals surface area contributed by atoms with E-state index >= 15 is 0 Å². The molecule has 1 aliphatic heterocycles. The molecular weight excluding hydrogens is 444 g/mol. The maximum absolute atomic E-state index is 2.56. The van der Waals surface area contributed by atoms with Crippen LogP contribution in [0.25, 0.3) is 21.9 Å². The van der Waals surface area contributed by atoms with Crippen molar-refractivity contribution in [2.75, 3.05) is 0 Å². The minimum absolute atomic E-state index is 0. The number of hydrogen-bond acceptors (Lipinski definition) is 0. The largest absolute Gasteiger partial charge is 0.150 e. The Hall–Kier alpha value is -1.37. The van der Waals surface area contributed by atoms with Crippen molar-refractivity contribution in [3.63, 3.8) is 0 Å². The molecular formula is C27H29SiZr-. The van der Waals surface area contributed by atoms with Gasteiger partial charge in [-0.25, -0.2) is 0 Å². The van der Waals surface area contributed by atoms with Gasteiger partial charge in [-0.2, -0.15) is 0 Å². The molecule has 3 aromatic carbocycles. The van der Waals surface area contributed by atoms with E-state index in [1.165, 1.54) is 28.3 Å². The summed E-state index contributed by atoms with van der Waals surface area (Å²) in [5.74, 6) is 0. The molecule has 0 bridgehead atoms. The summed E-state index contributed by atoms with van der Waals surface area (Å²) in [6.45, 7) is 10.2. The second-order valence-corrected chi connectivity index (χ2v) is 15.5. The Kier molecular flexibility index (Phi) is 5.11. The minimum Gasteiger partial charge on any atom is -0.150 e. The Balaban J connectivity index is 0.00000205. The molecule has 3 aromatic rings. The van der Waals surface area contributed by atoms with Gasteiger partial charge in [0.2, 0.25) is 0 Å². The van der Waals surface area contributed by atoms with Gasteiger partial charge in [-0.05, 0) is 22.0 Å². The van der Waals surface area contributed by atoms with Crippen molar-refractivity contribution in [2.45, 2.75) is 49.7 Å². The van der Waals surface area contributed by atoms with Crippen LogP contribution < -0.4 is 5.19 Å². The third-order valence-electron chi connectivity index (χ3n) is 7.55. The van der Waals surface area contributed by atoms with Crippen molar-refractivity contribution >= 4 is 24.0 Å². The summed E-state index contributed by atoms with van der Waals surface area (Å²) in [6, 6.07) is 22.6. The van der Waals surface area contributed by atoms with Gasteiger partial charge in [-0.15, -0.1) is 45.8 Å². The molecule has 0 aromatic heterocycles. The molecule has 0 spiro atoms. The number of benzene rings is 2. The van der Waals surface area contributed by atoms with Gasteiger partial charge in [0, 0.05) is 26.2 Å². The Labute approximate surface area is 195 Å². The molecule has 29 heavy (non-hydrogen) atoms. The number of fused-ring (bicyclic) bond motifs is 1. The maximum Gasteiger partial charge on any atom is 0.0884 e. The van der Waals surface area contributed by atoms with E-state index in [0.29, 0.717) is 15.6 Å². The van der Waals surface area contributed by atoms with Gasteiger partial charge in [0.15, 0.2) is 0 Å². The number of allylic oxidation sites excluding steroid dienone is 4. The average molecular weight is 473 g/mol. The van der Waals surface area contributed by atoms with Gasteiger partial charge in [0.25, 0.3) is 0 Å². The normalized spacial score (nSPS) is 21.1. The predicted octanol–water partition coefficient (Wildman–Crippen LogP) is 7.34. The molecule has 1 saturated heterocycles. The van der Waals surface area contributed by atoms with Crippen molar-refractivity contribution in [1.82, 2.24) is 0 Å². The molecule has 5 rings (SSSR count). The molecule has 2 aliphatic rings. The van der Waals surface area contributed by atoms with Gasteiger partial charge >= 0.3 is 0 Å². The first-order chi connectivity index (χ1) is 13.4. The predicted molar refractivity (Wildman–Crippen MR) is 125 cm³/mol. The first-order valence-corrected chi connectivity index (χ1v) is 12.6. The van der Waals surface area contributed by atoms with Gasteiger partial charge in [0.1, 0.15) is 0 Å². The van der Waals surface area contributed by atoms with Gasteiger partial charge in [-0.1, -0.05) is 94.0 Å². The van der Waals surface area contributed by atoms with Gasteiger partial charge < -0.3 is 0 Å². The van der Waals surface area contributed by atoms with E-state index in [9.17, 15) is 0 Å². The van der Waals surface area contributed by atoms with Crippen LogP contribution in [0.3, 0.4) is 0 Å². The van der Waals surface area contributed by atoms with Crippen molar-refractivity contribution < 1.29 is 26.2 Å². The number of hydrogen-bond donors (Lipinski definition) is 0. The summed E-state index contributed by atoms with van der Waals surface area (Å²) >= 11 is 0. The van der Waals surface area contributed by atoms with Gasteiger partial charge in [0.05, 0.1) is 8.07 Å². The van der Waals surface area contributed by atoms with E-state index in [4.69, 9.17) is 0 Å². The van der Waals surface area contributed by atoms with Crippen LogP contribution in [0.2, 0.25) is 15.6 Å². The minimum atomic E-state index is -1.93. The zero-order valence-electron chi connectivity index (χ0n) is 17.9. The van der Waals surface area contributed by atoms with Crippen LogP contribution in [0.15, 0.2) is 85.0 Å². The molecule has 1 heterocycles.